The number of benzene rings is 1. The van der Waals surface area contributed by atoms with Crippen LogP contribution in [0.1, 0.15) is 32.3 Å². The summed E-state index contributed by atoms with van der Waals surface area (Å²) >= 11 is 0. The maximum atomic E-state index is 13.1. The zero-order valence-corrected chi connectivity index (χ0v) is 11.2. The Labute approximate surface area is 111 Å². The summed E-state index contributed by atoms with van der Waals surface area (Å²) in [6, 6.07) is 4.04. The molecule has 0 atom stereocenters. The maximum absolute atomic E-state index is 13.1. The topological polar surface area (TPSA) is 29.3 Å². The van der Waals surface area contributed by atoms with Crippen molar-refractivity contribution in [2.24, 2.45) is 5.41 Å². The largest absolute Gasteiger partial charge is 0.418 e. The lowest BCUT2D eigenvalue weighted by molar-refractivity contribution is -0.137. The highest BCUT2D eigenvalue weighted by molar-refractivity contribution is 5.61. The Balaban J connectivity index is 2.39. The van der Waals surface area contributed by atoms with E-state index >= 15 is 0 Å². The van der Waals surface area contributed by atoms with E-state index in [9.17, 15) is 13.2 Å². The molecule has 1 heterocycles. The molecule has 1 aromatic carbocycles. The molecule has 1 aliphatic rings. The molecule has 2 nitrogen and oxygen atoms in total. The minimum atomic E-state index is -4.37. The lowest BCUT2D eigenvalue weighted by atomic mass is 9.84. The summed E-state index contributed by atoms with van der Waals surface area (Å²) in [7, 11) is 0. The van der Waals surface area contributed by atoms with Crippen molar-refractivity contribution in [1.29, 1.82) is 0 Å². The highest BCUT2D eigenvalue weighted by atomic mass is 19.4. The van der Waals surface area contributed by atoms with Crippen LogP contribution in [0, 0.1) is 5.41 Å². The van der Waals surface area contributed by atoms with Gasteiger partial charge in [0.1, 0.15) is 0 Å². The third-order valence-electron chi connectivity index (χ3n) is 3.57. The van der Waals surface area contributed by atoms with Crippen molar-refractivity contribution in [3.8, 4) is 0 Å². The van der Waals surface area contributed by atoms with E-state index in [1.54, 1.807) is 0 Å². The molecule has 0 aliphatic carbocycles. The molecule has 0 saturated carbocycles. The molecule has 0 spiro atoms. The van der Waals surface area contributed by atoms with Crippen LogP contribution in [0.4, 0.5) is 24.5 Å². The van der Waals surface area contributed by atoms with Crippen molar-refractivity contribution in [3.63, 3.8) is 0 Å². The summed E-state index contributed by atoms with van der Waals surface area (Å²) in [5.74, 6) is 0. The van der Waals surface area contributed by atoms with E-state index in [1.807, 2.05) is 4.90 Å². The number of piperidine rings is 1. The van der Waals surface area contributed by atoms with Crippen LogP contribution in [-0.2, 0) is 6.18 Å². The Kier molecular flexibility index (Phi) is 3.41. The summed E-state index contributed by atoms with van der Waals surface area (Å²) < 4.78 is 39.3. The van der Waals surface area contributed by atoms with Gasteiger partial charge in [0.25, 0.3) is 0 Å². The zero-order valence-electron chi connectivity index (χ0n) is 11.2. The number of hydrogen-bond acceptors (Lipinski definition) is 2. The fourth-order valence-corrected chi connectivity index (χ4v) is 2.69. The van der Waals surface area contributed by atoms with Gasteiger partial charge in [0.2, 0.25) is 0 Å². The number of nitrogen functional groups attached to an aromatic ring is 1. The first-order valence-electron chi connectivity index (χ1n) is 6.41. The second kappa shape index (κ2) is 4.62. The summed E-state index contributed by atoms with van der Waals surface area (Å²) in [5.41, 5.74) is 5.29. The molecule has 0 radical (unpaired) electrons. The number of rotatable bonds is 1. The van der Waals surface area contributed by atoms with Gasteiger partial charge < -0.3 is 10.6 Å². The van der Waals surface area contributed by atoms with E-state index < -0.39 is 11.7 Å². The number of nitrogens with zero attached hydrogens (tertiary/aromatic N) is 1. The molecule has 2 rings (SSSR count). The van der Waals surface area contributed by atoms with Crippen LogP contribution in [0.2, 0.25) is 0 Å². The van der Waals surface area contributed by atoms with E-state index in [0.717, 1.165) is 18.9 Å². The quantitative estimate of drug-likeness (QED) is 0.785. The number of hydrogen-bond donors (Lipinski definition) is 1. The zero-order chi connectivity index (χ0) is 14.3. The van der Waals surface area contributed by atoms with Crippen molar-refractivity contribution < 1.29 is 13.2 Å². The molecule has 1 aromatic rings. The lowest BCUT2D eigenvalue weighted by Crippen LogP contribution is -2.41. The average Bonchev–Trinajstić information content (AvgIpc) is 2.26. The molecule has 19 heavy (non-hydrogen) atoms. The van der Waals surface area contributed by atoms with E-state index in [4.69, 9.17) is 5.73 Å². The van der Waals surface area contributed by atoms with Gasteiger partial charge in [0, 0.05) is 24.5 Å². The highest BCUT2D eigenvalue weighted by Crippen LogP contribution is 2.40. The van der Waals surface area contributed by atoms with Gasteiger partial charge >= 0.3 is 6.18 Å². The third kappa shape index (κ3) is 3.14. The van der Waals surface area contributed by atoms with Crippen LogP contribution in [-0.4, -0.2) is 13.1 Å². The molecule has 2 N–H and O–H groups in total. The van der Waals surface area contributed by atoms with Crippen LogP contribution >= 0.6 is 0 Å². The Hall–Kier alpha value is -1.39. The maximum Gasteiger partial charge on any atom is 0.418 e. The Morgan fingerprint density at radius 1 is 1.26 bits per heavy atom. The highest BCUT2D eigenvalue weighted by Gasteiger charge is 2.37. The van der Waals surface area contributed by atoms with Gasteiger partial charge in [-0.2, -0.15) is 13.2 Å². The fraction of sp³-hybridized carbons (Fsp3) is 0.571. The van der Waals surface area contributed by atoms with E-state index in [1.165, 1.54) is 12.1 Å². The minimum absolute atomic E-state index is 0.0442. The number of alkyl halides is 3. The summed E-state index contributed by atoms with van der Waals surface area (Å²) in [6.45, 7) is 5.48. The number of anilines is 2. The predicted octanol–water partition coefficient (Wildman–Crippen LogP) is 3.91. The normalized spacial score (nSPS) is 19.5. The molecular weight excluding hydrogens is 253 g/mol. The van der Waals surface area contributed by atoms with Gasteiger partial charge in [0.05, 0.1) is 5.56 Å². The Morgan fingerprint density at radius 3 is 2.53 bits per heavy atom. The van der Waals surface area contributed by atoms with Crippen molar-refractivity contribution in [2.75, 3.05) is 23.7 Å². The molecule has 1 aliphatic heterocycles. The van der Waals surface area contributed by atoms with E-state index in [2.05, 4.69) is 13.8 Å². The summed E-state index contributed by atoms with van der Waals surface area (Å²) in [5, 5.41) is 0. The SMILES string of the molecule is CC1(C)CCCN(c2ccc(N)cc2C(F)(F)F)C1. The van der Waals surface area contributed by atoms with Crippen molar-refractivity contribution in [2.45, 2.75) is 32.9 Å². The van der Waals surface area contributed by atoms with Crippen LogP contribution in [0.25, 0.3) is 0 Å². The smallest absolute Gasteiger partial charge is 0.399 e. The first-order valence-corrected chi connectivity index (χ1v) is 6.41. The second-order valence-corrected chi connectivity index (χ2v) is 5.96. The Bertz CT molecular complexity index is 466. The molecule has 1 saturated heterocycles. The summed E-state index contributed by atoms with van der Waals surface area (Å²) in [6.07, 6.45) is -2.42. The van der Waals surface area contributed by atoms with Crippen molar-refractivity contribution >= 4 is 11.4 Å². The monoisotopic (exact) mass is 272 g/mol. The second-order valence-electron chi connectivity index (χ2n) is 5.96. The third-order valence-corrected chi connectivity index (χ3v) is 3.57. The molecule has 5 heteroatoms. The Morgan fingerprint density at radius 2 is 1.95 bits per heavy atom. The molecule has 0 unspecified atom stereocenters. The molecule has 0 amide bonds. The van der Waals surface area contributed by atoms with E-state index in [-0.39, 0.29) is 16.8 Å². The van der Waals surface area contributed by atoms with Crippen LogP contribution < -0.4 is 10.6 Å². The first-order chi connectivity index (χ1) is 8.69. The van der Waals surface area contributed by atoms with Crippen LogP contribution in [0.3, 0.4) is 0 Å². The van der Waals surface area contributed by atoms with Gasteiger partial charge in [-0.15, -0.1) is 0 Å². The molecule has 0 aromatic heterocycles. The van der Waals surface area contributed by atoms with Crippen molar-refractivity contribution in [1.82, 2.24) is 0 Å². The molecule has 0 bridgehead atoms. The summed E-state index contributed by atoms with van der Waals surface area (Å²) in [4.78, 5) is 1.83. The number of halogens is 3. The van der Waals surface area contributed by atoms with E-state index in [0.29, 0.717) is 13.1 Å². The standard InChI is InChI=1S/C14H19F3N2/c1-13(2)6-3-7-19(9-13)12-5-4-10(18)8-11(12)14(15,16)17/h4-5,8H,3,6-7,9,18H2,1-2H3. The number of nitrogens with two attached hydrogens (primary N) is 1. The minimum Gasteiger partial charge on any atom is -0.399 e. The van der Waals surface area contributed by atoms with Crippen molar-refractivity contribution in [3.05, 3.63) is 23.8 Å². The molecular formula is C14H19F3N2. The van der Waals surface area contributed by atoms with Gasteiger partial charge in [-0.3, -0.25) is 0 Å². The van der Waals surface area contributed by atoms with Gasteiger partial charge in [-0.25, -0.2) is 0 Å². The average molecular weight is 272 g/mol. The first kappa shape index (κ1) is 14.0. The molecule has 1 fully saturated rings. The predicted molar refractivity (Wildman–Crippen MR) is 71.1 cm³/mol. The van der Waals surface area contributed by atoms with Gasteiger partial charge in [-0.1, -0.05) is 13.8 Å². The van der Waals surface area contributed by atoms with Gasteiger partial charge in [-0.05, 0) is 36.5 Å². The van der Waals surface area contributed by atoms with Gasteiger partial charge in [0.15, 0.2) is 0 Å². The van der Waals surface area contributed by atoms with Crippen LogP contribution in [0.15, 0.2) is 18.2 Å². The molecule has 106 valence electrons. The fourth-order valence-electron chi connectivity index (χ4n) is 2.69. The lowest BCUT2D eigenvalue weighted by Gasteiger charge is -2.40. The van der Waals surface area contributed by atoms with Crippen LogP contribution in [0.5, 0.6) is 0 Å².